The molecule has 0 radical (unpaired) electrons. The normalized spacial score (nSPS) is 19.1. The van der Waals surface area contributed by atoms with Crippen LogP contribution in [0.4, 0.5) is 11.5 Å². The van der Waals surface area contributed by atoms with Crippen LogP contribution >= 0.6 is 0 Å². The van der Waals surface area contributed by atoms with Gasteiger partial charge in [-0.05, 0) is 37.3 Å². The van der Waals surface area contributed by atoms with Crippen molar-refractivity contribution in [2.24, 2.45) is 13.0 Å². The molecule has 31 heavy (non-hydrogen) atoms. The van der Waals surface area contributed by atoms with Crippen molar-refractivity contribution < 1.29 is 9.53 Å². The first-order valence-electron chi connectivity index (χ1n) is 10.8. The zero-order valence-electron chi connectivity index (χ0n) is 17.8. The number of carbonyl (C=O) groups excluding carboxylic acids is 1. The van der Waals surface area contributed by atoms with Crippen LogP contribution in [-0.2, 0) is 7.05 Å². The Morgan fingerprint density at radius 3 is 2.94 bits per heavy atom. The van der Waals surface area contributed by atoms with Gasteiger partial charge in [-0.2, -0.15) is 5.10 Å². The number of nitrogens with zero attached hydrogens (tertiary/aromatic N) is 6. The number of piperidine rings is 1. The van der Waals surface area contributed by atoms with Gasteiger partial charge in [0.25, 0.3) is 5.91 Å². The quantitative estimate of drug-likeness (QED) is 0.630. The molecule has 162 valence electrons. The molecular formula is C22H26N6O3. The van der Waals surface area contributed by atoms with Crippen LogP contribution in [0.25, 0.3) is 5.65 Å². The summed E-state index contributed by atoms with van der Waals surface area (Å²) in [6.07, 6.45) is 6.38. The van der Waals surface area contributed by atoms with E-state index in [2.05, 4.69) is 21.9 Å². The highest BCUT2D eigenvalue weighted by Gasteiger charge is 2.26. The second-order valence-electron chi connectivity index (χ2n) is 8.42. The van der Waals surface area contributed by atoms with Crippen molar-refractivity contribution >= 4 is 23.1 Å². The molecule has 9 heteroatoms. The van der Waals surface area contributed by atoms with Gasteiger partial charge in [0.15, 0.2) is 17.2 Å². The van der Waals surface area contributed by atoms with Gasteiger partial charge >= 0.3 is 5.69 Å². The predicted octanol–water partition coefficient (Wildman–Crippen LogP) is 2.22. The fourth-order valence-electron chi connectivity index (χ4n) is 4.42. The zero-order chi connectivity index (χ0) is 21.5. The summed E-state index contributed by atoms with van der Waals surface area (Å²) in [7, 11) is 1.63. The first kappa shape index (κ1) is 19.6. The largest absolute Gasteiger partial charge is 0.490 e. The van der Waals surface area contributed by atoms with E-state index >= 15 is 0 Å². The molecule has 5 heterocycles. The summed E-state index contributed by atoms with van der Waals surface area (Å²) in [5.74, 6) is 1.80. The van der Waals surface area contributed by atoms with Gasteiger partial charge in [0, 0.05) is 50.8 Å². The lowest BCUT2D eigenvalue weighted by Crippen LogP contribution is -2.39. The van der Waals surface area contributed by atoms with Crippen molar-refractivity contribution in [3.63, 3.8) is 0 Å². The first-order chi connectivity index (χ1) is 15.0. The maximum Gasteiger partial charge on any atom is 0.350 e. The summed E-state index contributed by atoms with van der Waals surface area (Å²) in [6.45, 7) is 5.02. The summed E-state index contributed by atoms with van der Waals surface area (Å²) in [4.78, 5) is 33.7. The topological polar surface area (TPSA) is 85.0 Å². The summed E-state index contributed by atoms with van der Waals surface area (Å²) >= 11 is 0. The van der Waals surface area contributed by atoms with Crippen LogP contribution in [0.5, 0.6) is 5.75 Å². The maximum absolute atomic E-state index is 13.0. The number of aryl methyl sites for hydroxylation is 1. The minimum atomic E-state index is -0.186. The number of hydrogen-bond donors (Lipinski definition) is 0. The monoisotopic (exact) mass is 422 g/mol. The average molecular weight is 422 g/mol. The zero-order valence-corrected chi connectivity index (χ0v) is 17.8. The molecule has 0 N–H and O–H groups in total. The molecule has 3 aromatic rings. The number of hydrogen-bond acceptors (Lipinski definition) is 6. The molecule has 2 aliphatic heterocycles. The first-order valence-corrected chi connectivity index (χ1v) is 10.8. The van der Waals surface area contributed by atoms with E-state index in [1.54, 1.807) is 19.4 Å². The number of likely N-dealkylation sites (tertiary alicyclic amines) is 1. The molecular weight excluding hydrogens is 396 g/mol. The minimum Gasteiger partial charge on any atom is -0.490 e. The fourth-order valence-corrected chi connectivity index (χ4v) is 4.42. The Balaban J connectivity index is 1.49. The average Bonchev–Trinajstić information content (AvgIpc) is 2.94. The maximum atomic E-state index is 13.0. The van der Waals surface area contributed by atoms with Crippen LogP contribution in [0.1, 0.15) is 36.5 Å². The highest BCUT2D eigenvalue weighted by atomic mass is 16.5. The molecule has 1 fully saturated rings. The molecule has 0 bridgehead atoms. The summed E-state index contributed by atoms with van der Waals surface area (Å²) < 4.78 is 8.78. The van der Waals surface area contributed by atoms with Gasteiger partial charge < -0.3 is 14.5 Å². The molecule has 0 aromatic carbocycles. The Kier molecular flexibility index (Phi) is 4.88. The summed E-state index contributed by atoms with van der Waals surface area (Å²) in [5.41, 5.74) is 1.82. The molecule has 9 nitrogen and oxygen atoms in total. The Hall–Kier alpha value is -3.36. The summed E-state index contributed by atoms with van der Waals surface area (Å²) in [6, 6.07) is 5.56. The lowest BCUT2D eigenvalue weighted by Gasteiger charge is -2.31. The molecule has 1 saturated heterocycles. The van der Waals surface area contributed by atoms with Crippen molar-refractivity contribution in [3.05, 3.63) is 46.6 Å². The van der Waals surface area contributed by atoms with Crippen molar-refractivity contribution in [3.8, 4) is 5.75 Å². The highest BCUT2D eigenvalue weighted by Crippen LogP contribution is 2.35. The van der Waals surface area contributed by atoms with E-state index in [1.807, 2.05) is 23.1 Å². The van der Waals surface area contributed by atoms with Crippen LogP contribution in [-0.4, -0.2) is 56.2 Å². The third-order valence-corrected chi connectivity index (χ3v) is 6.03. The van der Waals surface area contributed by atoms with Gasteiger partial charge in [0.2, 0.25) is 0 Å². The lowest BCUT2D eigenvalue weighted by molar-refractivity contribution is 0.0682. The van der Waals surface area contributed by atoms with Crippen LogP contribution in [0.2, 0.25) is 0 Å². The number of amides is 1. The molecule has 0 aliphatic carbocycles. The third kappa shape index (κ3) is 3.54. The number of carbonyl (C=O) groups is 1. The van der Waals surface area contributed by atoms with Gasteiger partial charge in [0.05, 0.1) is 12.2 Å². The van der Waals surface area contributed by atoms with E-state index in [0.717, 1.165) is 38.0 Å². The van der Waals surface area contributed by atoms with E-state index in [4.69, 9.17) is 4.74 Å². The Bertz CT molecular complexity index is 1200. The minimum absolute atomic E-state index is 0.00975. The second kappa shape index (κ2) is 7.72. The Labute approximate surface area is 179 Å². The molecule has 5 rings (SSSR count). The van der Waals surface area contributed by atoms with Crippen molar-refractivity contribution in [2.45, 2.75) is 26.2 Å². The molecule has 0 spiro atoms. The highest BCUT2D eigenvalue weighted by molar-refractivity contribution is 5.95. The number of pyridine rings is 2. The third-order valence-electron chi connectivity index (χ3n) is 6.03. The van der Waals surface area contributed by atoms with E-state index in [-0.39, 0.29) is 11.6 Å². The van der Waals surface area contributed by atoms with Crippen LogP contribution in [0.15, 0.2) is 35.4 Å². The van der Waals surface area contributed by atoms with Gasteiger partial charge in [-0.1, -0.05) is 6.92 Å². The van der Waals surface area contributed by atoms with Gasteiger partial charge in [0.1, 0.15) is 0 Å². The molecule has 1 amide bonds. The van der Waals surface area contributed by atoms with E-state index in [9.17, 15) is 9.59 Å². The van der Waals surface area contributed by atoms with Crippen LogP contribution < -0.4 is 15.3 Å². The number of aromatic nitrogens is 4. The fraction of sp³-hybridized carbons (Fsp3) is 0.455. The summed E-state index contributed by atoms with van der Waals surface area (Å²) in [5, 5.41) is 4.28. The van der Waals surface area contributed by atoms with Crippen LogP contribution in [0.3, 0.4) is 0 Å². The number of fused-ring (bicyclic) bond motifs is 2. The molecule has 0 unspecified atom stereocenters. The van der Waals surface area contributed by atoms with E-state index in [1.165, 1.54) is 9.08 Å². The molecule has 1 atom stereocenters. The van der Waals surface area contributed by atoms with Crippen molar-refractivity contribution in [1.29, 1.82) is 0 Å². The van der Waals surface area contributed by atoms with Gasteiger partial charge in [-0.15, -0.1) is 0 Å². The van der Waals surface area contributed by atoms with E-state index in [0.29, 0.717) is 41.8 Å². The lowest BCUT2D eigenvalue weighted by atomic mass is 10.00. The Morgan fingerprint density at radius 1 is 1.23 bits per heavy atom. The van der Waals surface area contributed by atoms with Crippen LogP contribution in [0, 0.1) is 5.92 Å². The molecule has 2 aliphatic rings. The number of anilines is 2. The smallest absolute Gasteiger partial charge is 0.350 e. The Morgan fingerprint density at radius 2 is 2.10 bits per heavy atom. The van der Waals surface area contributed by atoms with Gasteiger partial charge in [-0.25, -0.2) is 14.5 Å². The van der Waals surface area contributed by atoms with Crippen molar-refractivity contribution in [2.75, 3.05) is 31.1 Å². The second-order valence-corrected chi connectivity index (χ2v) is 8.42. The SMILES string of the molecule is C[C@@H]1CCCN(C(=O)c2cnc3c(c2)OCCCN3c2ccn3c(=O)n(C)nc3c2)C1. The molecule has 3 aromatic heterocycles. The predicted molar refractivity (Wildman–Crippen MR) is 116 cm³/mol. The van der Waals surface area contributed by atoms with Gasteiger partial charge in [-0.3, -0.25) is 9.20 Å². The number of ether oxygens (including phenoxy) is 1. The van der Waals surface area contributed by atoms with E-state index < -0.39 is 0 Å². The number of rotatable bonds is 2. The van der Waals surface area contributed by atoms with Crippen molar-refractivity contribution in [1.82, 2.24) is 24.1 Å². The molecule has 0 saturated carbocycles. The standard InChI is InChI=1S/C22H26N6O3/c1-15-5-3-7-26(14-15)21(29)16-11-18-20(23-13-16)27(8-4-10-31-18)17-6-9-28-19(12-17)24-25(2)22(28)30/h6,9,11-13,15H,3-5,7-8,10,14H2,1-2H3/t15-/m1/s1.